The number of likely N-dealkylation sites (N-methyl/N-ethyl adjacent to an activating group) is 1. The highest BCUT2D eigenvalue weighted by Gasteiger charge is 2.21. The number of nitrogens with zero attached hydrogens (tertiary/aromatic N) is 1. The summed E-state index contributed by atoms with van der Waals surface area (Å²) < 4.78 is 5.63. The fourth-order valence-corrected chi connectivity index (χ4v) is 1.85. The average Bonchev–Trinajstić information content (AvgIpc) is 3.15. The zero-order valence-electron chi connectivity index (χ0n) is 11.1. The first-order chi connectivity index (χ1) is 8.24. The quantitative estimate of drug-likeness (QED) is 0.463. The molecular formula is C14H26N2O. The van der Waals surface area contributed by atoms with Gasteiger partial charge in [0.25, 0.3) is 0 Å². The molecule has 0 unspecified atom stereocenters. The molecule has 2 saturated carbocycles. The minimum atomic E-state index is 0.777. The van der Waals surface area contributed by atoms with Gasteiger partial charge in [-0.3, -0.25) is 0 Å². The summed E-state index contributed by atoms with van der Waals surface area (Å²) in [7, 11) is 2.14. The summed E-state index contributed by atoms with van der Waals surface area (Å²) in [5, 5.41) is 3.49. The SMILES string of the molecule is C=C(CNC1CC1)CN(C)CCOCC1CC1. The average molecular weight is 238 g/mol. The molecule has 2 aliphatic carbocycles. The Hall–Kier alpha value is -0.380. The molecule has 0 saturated heterocycles. The monoisotopic (exact) mass is 238 g/mol. The van der Waals surface area contributed by atoms with Crippen LogP contribution in [0, 0.1) is 5.92 Å². The molecule has 2 rings (SSSR count). The topological polar surface area (TPSA) is 24.5 Å². The summed E-state index contributed by atoms with van der Waals surface area (Å²) in [6, 6.07) is 0.777. The summed E-state index contributed by atoms with van der Waals surface area (Å²) in [6.45, 7) is 8.90. The lowest BCUT2D eigenvalue weighted by atomic mass is 10.3. The number of rotatable bonds is 10. The Balaban J connectivity index is 1.43. The molecule has 0 aromatic carbocycles. The fourth-order valence-electron chi connectivity index (χ4n) is 1.85. The van der Waals surface area contributed by atoms with Gasteiger partial charge in [0, 0.05) is 32.3 Å². The third-order valence-electron chi connectivity index (χ3n) is 3.38. The molecular weight excluding hydrogens is 212 g/mol. The Labute approximate surface area is 105 Å². The van der Waals surface area contributed by atoms with Crippen LogP contribution in [0.25, 0.3) is 0 Å². The predicted octanol–water partition coefficient (Wildman–Crippen LogP) is 1.65. The molecule has 17 heavy (non-hydrogen) atoms. The summed E-state index contributed by atoms with van der Waals surface area (Å²) in [5.74, 6) is 0.873. The molecule has 0 bridgehead atoms. The molecule has 0 spiro atoms. The van der Waals surface area contributed by atoms with Gasteiger partial charge in [-0.1, -0.05) is 6.58 Å². The summed E-state index contributed by atoms with van der Waals surface area (Å²) in [4.78, 5) is 2.30. The Morgan fingerprint density at radius 3 is 2.76 bits per heavy atom. The molecule has 2 aliphatic rings. The van der Waals surface area contributed by atoms with Gasteiger partial charge in [0.05, 0.1) is 6.61 Å². The first-order valence-electron chi connectivity index (χ1n) is 6.90. The van der Waals surface area contributed by atoms with E-state index >= 15 is 0 Å². The molecule has 0 radical (unpaired) electrons. The van der Waals surface area contributed by atoms with Gasteiger partial charge >= 0.3 is 0 Å². The molecule has 0 aromatic heterocycles. The number of hydrogen-bond acceptors (Lipinski definition) is 3. The lowest BCUT2D eigenvalue weighted by Gasteiger charge is -2.18. The van der Waals surface area contributed by atoms with E-state index in [9.17, 15) is 0 Å². The molecule has 0 aromatic rings. The van der Waals surface area contributed by atoms with Crippen LogP contribution in [0.3, 0.4) is 0 Å². The van der Waals surface area contributed by atoms with E-state index in [4.69, 9.17) is 4.74 Å². The van der Waals surface area contributed by atoms with E-state index in [1.54, 1.807) is 0 Å². The Morgan fingerprint density at radius 1 is 1.35 bits per heavy atom. The summed E-state index contributed by atoms with van der Waals surface area (Å²) in [6.07, 6.45) is 5.44. The van der Waals surface area contributed by atoms with Crippen LogP contribution < -0.4 is 5.32 Å². The number of nitrogens with one attached hydrogen (secondary N) is 1. The molecule has 0 aliphatic heterocycles. The molecule has 1 N–H and O–H groups in total. The van der Waals surface area contributed by atoms with Gasteiger partial charge in [-0.05, 0) is 44.2 Å². The molecule has 0 amide bonds. The van der Waals surface area contributed by atoms with Crippen molar-refractivity contribution >= 4 is 0 Å². The predicted molar refractivity (Wildman–Crippen MR) is 71.2 cm³/mol. The fraction of sp³-hybridized carbons (Fsp3) is 0.857. The normalized spacial score (nSPS) is 19.9. The Kier molecular flexibility index (Phi) is 5.01. The second-order valence-corrected chi connectivity index (χ2v) is 5.66. The maximum Gasteiger partial charge on any atom is 0.0593 e. The molecule has 0 atom stereocenters. The summed E-state index contributed by atoms with van der Waals surface area (Å²) in [5.41, 5.74) is 1.28. The molecule has 2 fully saturated rings. The highest BCUT2D eigenvalue weighted by atomic mass is 16.5. The van der Waals surface area contributed by atoms with E-state index in [0.29, 0.717) is 0 Å². The zero-order chi connectivity index (χ0) is 12.1. The lowest BCUT2D eigenvalue weighted by Crippen LogP contribution is -2.29. The third-order valence-corrected chi connectivity index (χ3v) is 3.38. The van der Waals surface area contributed by atoms with Crippen molar-refractivity contribution in [3.63, 3.8) is 0 Å². The third kappa shape index (κ3) is 6.20. The molecule has 3 heteroatoms. The first-order valence-corrected chi connectivity index (χ1v) is 6.90. The van der Waals surface area contributed by atoms with Crippen molar-refractivity contribution in [1.82, 2.24) is 10.2 Å². The summed E-state index contributed by atoms with van der Waals surface area (Å²) >= 11 is 0. The zero-order valence-corrected chi connectivity index (χ0v) is 11.1. The van der Waals surface area contributed by atoms with E-state index in [2.05, 4.69) is 23.8 Å². The van der Waals surface area contributed by atoms with Gasteiger partial charge in [0.1, 0.15) is 0 Å². The van der Waals surface area contributed by atoms with Gasteiger partial charge in [0.2, 0.25) is 0 Å². The van der Waals surface area contributed by atoms with E-state index in [1.807, 2.05) is 0 Å². The lowest BCUT2D eigenvalue weighted by molar-refractivity contribution is 0.105. The van der Waals surface area contributed by atoms with Crippen molar-refractivity contribution in [1.29, 1.82) is 0 Å². The Bertz CT molecular complexity index is 247. The van der Waals surface area contributed by atoms with Crippen molar-refractivity contribution in [2.24, 2.45) is 5.92 Å². The van der Waals surface area contributed by atoms with Crippen LogP contribution in [0.4, 0.5) is 0 Å². The second kappa shape index (κ2) is 6.53. The van der Waals surface area contributed by atoms with Crippen LogP contribution in [0.1, 0.15) is 25.7 Å². The van der Waals surface area contributed by atoms with E-state index in [0.717, 1.165) is 44.8 Å². The van der Waals surface area contributed by atoms with Gasteiger partial charge in [-0.2, -0.15) is 0 Å². The van der Waals surface area contributed by atoms with Crippen molar-refractivity contribution in [3.8, 4) is 0 Å². The minimum Gasteiger partial charge on any atom is -0.380 e. The minimum absolute atomic E-state index is 0.777. The van der Waals surface area contributed by atoms with Crippen molar-refractivity contribution in [3.05, 3.63) is 12.2 Å². The van der Waals surface area contributed by atoms with Crippen molar-refractivity contribution in [2.75, 3.05) is 39.9 Å². The molecule has 0 heterocycles. The van der Waals surface area contributed by atoms with Crippen LogP contribution in [-0.2, 0) is 4.74 Å². The maximum atomic E-state index is 5.63. The van der Waals surface area contributed by atoms with Crippen LogP contribution >= 0.6 is 0 Å². The van der Waals surface area contributed by atoms with Crippen molar-refractivity contribution in [2.45, 2.75) is 31.7 Å². The van der Waals surface area contributed by atoms with E-state index in [1.165, 1.54) is 31.3 Å². The highest BCUT2D eigenvalue weighted by Crippen LogP contribution is 2.28. The van der Waals surface area contributed by atoms with Gasteiger partial charge in [-0.25, -0.2) is 0 Å². The first kappa shape index (κ1) is 13.1. The number of hydrogen-bond donors (Lipinski definition) is 1. The van der Waals surface area contributed by atoms with E-state index < -0.39 is 0 Å². The van der Waals surface area contributed by atoms with Crippen LogP contribution in [-0.4, -0.2) is 50.8 Å². The second-order valence-electron chi connectivity index (χ2n) is 5.66. The molecule has 3 nitrogen and oxygen atoms in total. The molecule has 98 valence electrons. The van der Waals surface area contributed by atoms with Crippen LogP contribution in [0.2, 0.25) is 0 Å². The van der Waals surface area contributed by atoms with Gasteiger partial charge in [-0.15, -0.1) is 0 Å². The van der Waals surface area contributed by atoms with Gasteiger partial charge in [0.15, 0.2) is 0 Å². The van der Waals surface area contributed by atoms with Crippen molar-refractivity contribution < 1.29 is 4.74 Å². The van der Waals surface area contributed by atoms with E-state index in [-0.39, 0.29) is 0 Å². The van der Waals surface area contributed by atoms with Crippen LogP contribution in [0.5, 0.6) is 0 Å². The largest absolute Gasteiger partial charge is 0.380 e. The maximum absolute atomic E-state index is 5.63. The standard InChI is InChI=1S/C14H26N2O/c1-12(9-15-14-5-6-14)10-16(2)7-8-17-11-13-3-4-13/h13-15H,1,3-11H2,2H3. The van der Waals surface area contributed by atoms with Gasteiger partial charge < -0.3 is 15.0 Å². The van der Waals surface area contributed by atoms with Crippen LogP contribution in [0.15, 0.2) is 12.2 Å². The Morgan fingerprint density at radius 2 is 2.12 bits per heavy atom. The smallest absolute Gasteiger partial charge is 0.0593 e. The number of ether oxygens (including phenoxy) is 1. The highest BCUT2D eigenvalue weighted by molar-refractivity contribution is 5.01.